The van der Waals surface area contributed by atoms with Crippen LogP contribution in [0.3, 0.4) is 0 Å². The van der Waals surface area contributed by atoms with E-state index < -0.39 is 23.0 Å². The summed E-state index contributed by atoms with van der Waals surface area (Å²) in [6.07, 6.45) is 0.653. The van der Waals surface area contributed by atoms with Gasteiger partial charge in [0.2, 0.25) is 0 Å². The molecule has 2 heterocycles. The van der Waals surface area contributed by atoms with Gasteiger partial charge in [0.15, 0.2) is 11.2 Å². The molecular formula is C23H26N2O5. The smallest absolute Gasteiger partial charge is 0.340 e. The van der Waals surface area contributed by atoms with Crippen molar-refractivity contribution in [3.63, 3.8) is 0 Å². The maximum absolute atomic E-state index is 13.5. The van der Waals surface area contributed by atoms with Gasteiger partial charge in [-0.3, -0.25) is 4.79 Å². The lowest BCUT2D eigenvalue weighted by molar-refractivity contribution is -0.153. The summed E-state index contributed by atoms with van der Waals surface area (Å²) in [6.45, 7) is 9.07. The molecule has 1 atom stereocenters. The number of hydrogen-bond donors (Lipinski definition) is 2. The predicted octanol–water partition coefficient (Wildman–Crippen LogP) is 3.06. The molecular weight excluding hydrogens is 384 g/mol. The number of carbonyl (C=O) groups is 3. The topological polar surface area (TPSA) is 108 Å². The fourth-order valence-electron chi connectivity index (χ4n) is 4.59. The number of rotatable bonds is 1. The van der Waals surface area contributed by atoms with E-state index in [4.69, 9.17) is 15.2 Å². The molecule has 3 N–H and O–H groups in total. The number of ketones is 1. The maximum Gasteiger partial charge on any atom is 0.340 e. The number of nitrogens with one attached hydrogen (secondary N) is 1. The zero-order chi connectivity index (χ0) is 22.1. The molecule has 1 spiro atoms. The molecule has 0 saturated heterocycles. The molecule has 0 bridgehead atoms. The van der Waals surface area contributed by atoms with Gasteiger partial charge in [-0.1, -0.05) is 32.0 Å². The molecule has 1 aliphatic carbocycles. The Hall–Kier alpha value is -3.09. The van der Waals surface area contributed by atoms with E-state index in [1.807, 2.05) is 13.8 Å². The third-order valence-electron chi connectivity index (χ3n) is 5.58. The van der Waals surface area contributed by atoms with Crippen LogP contribution in [0.4, 0.5) is 5.69 Å². The Balaban J connectivity index is 2.03. The highest BCUT2D eigenvalue weighted by Crippen LogP contribution is 2.56. The maximum atomic E-state index is 13.5. The van der Waals surface area contributed by atoms with Crippen molar-refractivity contribution in [1.82, 2.24) is 0 Å². The van der Waals surface area contributed by atoms with Gasteiger partial charge in [0.25, 0.3) is 0 Å². The Kier molecular flexibility index (Phi) is 4.18. The lowest BCUT2D eigenvalue weighted by atomic mass is 9.62. The Morgan fingerprint density at radius 2 is 1.83 bits per heavy atom. The van der Waals surface area contributed by atoms with Crippen molar-refractivity contribution < 1.29 is 23.9 Å². The van der Waals surface area contributed by atoms with Crippen molar-refractivity contribution in [3.8, 4) is 0 Å². The minimum absolute atomic E-state index is 0.0220. The molecule has 0 unspecified atom stereocenters. The number of hydrogen-bond acceptors (Lipinski definition) is 7. The quantitative estimate of drug-likeness (QED) is 0.685. The lowest BCUT2D eigenvalue weighted by Gasteiger charge is -2.38. The Bertz CT molecular complexity index is 1060. The first kappa shape index (κ1) is 20.2. The number of carbonyl (C=O) groups excluding carboxylic acids is 3. The van der Waals surface area contributed by atoms with Gasteiger partial charge >= 0.3 is 11.9 Å². The summed E-state index contributed by atoms with van der Waals surface area (Å²) in [5.74, 6) is -1.39. The van der Waals surface area contributed by atoms with Gasteiger partial charge in [0.1, 0.15) is 22.8 Å². The second-order valence-electron chi connectivity index (χ2n) is 9.84. The van der Waals surface area contributed by atoms with E-state index in [-0.39, 0.29) is 34.6 Å². The molecule has 0 fully saturated rings. The second-order valence-corrected chi connectivity index (χ2v) is 9.84. The molecule has 0 aromatic heterocycles. The van der Waals surface area contributed by atoms with E-state index in [1.54, 1.807) is 45.0 Å². The fraction of sp³-hybridized carbons (Fsp3) is 0.435. The lowest BCUT2D eigenvalue weighted by Crippen LogP contribution is -2.49. The highest BCUT2D eigenvalue weighted by molar-refractivity contribution is 6.18. The van der Waals surface area contributed by atoms with E-state index in [1.165, 1.54) is 0 Å². The normalized spacial score (nSPS) is 25.0. The summed E-state index contributed by atoms with van der Waals surface area (Å²) in [7, 11) is 0. The summed E-state index contributed by atoms with van der Waals surface area (Å²) in [6, 6.07) is 6.99. The van der Waals surface area contributed by atoms with Crippen molar-refractivity contribution >= 4 is 23.4 Å². The van der Waals surface area contributed by atoms with Crippen molar-refractivity contribution in [2.24, 2.45) is 11.1 Å². The molecule has 4 rings (SSSR count). The fourth-order valence-corrected chi connectivity index (χ4v) is 4.59. The zero-order valence-electron chi connectivity index (χ0n) is 17.8. The van der Waals surface area contributed by atoms with Gasteiger partial charge in [-0.25, -0.2) is 9.59 Å². The average Bonchev–Trinajstić information content (AvgIpc) is 2.84. The number of para-hydroxylation sites is 1. The number of esters is 2. The van der Waals surface area contributed by atoms with Crippen LogP contribution in [0.2, 0.25) is 0 Å². The van der Waals surface area contributed by atoms with Gasteiger partial charge in [-0.15, -0.1) is 0 Å². The van der Waals surface area contributed by atoms with Crippen LogP contribution in [-0.2, 0) is 29.3 Å². The molecule has 158 valence electrons. The SMILES string of the molecule is CC1(C)CC(=O)C2=C(C1)OC(=O)[C@]21C(C(=O)OC(C)(C)C)=C(N)Nc2ccccc21. The molecule has 1 aromatic carbocycles. The van der Waals surface area contributed by atoms with E-state index in [0.29, 0.717) is 23.4 Å². The van der Waals surface area contributed by atoms with Gasteiger partial charge in [-0.2, -0.15) is 0 Å². The molecule has 0 saturated carbocycles. The van der Waals surface area contributed by atoms with Crippen molar-refractivity contribution in [2.45, 2.75) is 58.5 Å². The predicted molar refractivity (Wildman–Crippen MR) is 110 cm³/mol. The van der Waals surface area contributed by atoms with Crippen molar-refractivity contribution in [1.29, 1.82) is 0 Å². The molecule has 30 heavy (non-hydrogen) atoms. The Morgan fingerprint density at radius 1 is 1.17 bits per heavy atom. The zero-order valence-corrected chi connectivity index (χ0v) is 17.8. The Morgan fingerprint density at radius 3 is 2.50 bits per heavy atom. The molecule has 7 nitrogen and oxygen atoms in total. The van der Waals surface area contributed by atoms with Crippen LogP contribution in [0.5, 0.6) is 0 Å². The highest BCUT2D eigenvalue weighted by atomic mass is 16.6. The number of nitrogens with two attached hydrogens (primary N) is 1. The first-order valence-corrected chi connectivity index (χ1v) is 9.96. The van der Waals surface area contributed by atoms with Gasteiger partial charge in [0, 0.05) is 24.1 Å². The number of fused-ring (bicyclic) bond motifs is 3. The molecule has 3 aliphatic rings. The summed E-state index contributed by atoms with van der Waals surface area (Å²) < 4.78 is 11.3. The highest BCUT2D eigenvalue weighted by Gasteiger charge is 2.64. The van der Waals surface area contributed by atoms with Crippen LogP contribution in [0.25, 0.3) is 0 Å². The van der Waals surface area contributed by atoms with Crippen LogP contribution in [-0.4, -0.2) is 23.3 Å². The summed E-state index contributed by atoms with van der Waals surface area (Å²) in [5, 5.41) is 2.99. The number of benzene rings is 1. The minimum atomic E-state index is -1.74. The average molecular weight is 410 g/mol. The van der Waals surface area contributed by atoms with Crippen LogP contribution in [0.1, 0.15) is 53.0 Å². The summed E-state index contributed by atoms with van der Waals surface area (Å²) in [4.78, 5) is 40.2. The number of anilines is 1. The standard InChI is InChI=1S/C23H26N2O5/c1-21(2,3)30-19(27)17-18(24)25-13-9-7-6-8-12(13)23(17)16-14(26)10-22(4,5)11-15(16)29-20(23)28/h6-9,25H,10-11,24H2,1-5H3/t23-/m0/s1. The first-order chi connectivity index (χ1) is 13.9. The summed E-state index contributed by atoms with van der Waals surface area (Å²) >= 11 is 0. The molecule has 7 heteroatoms. The van der Waals surface area contributed by atoms with Crippen LogP contribution in [0, 0.1) is 5.41 Å². The van der Waals surface area contributed by atoms with E-state index in [0.717, 1.165) is 0 Å². The van der Waals surface area contributed by atoms with E-state index >= 15 is 0 Å². The van der Waals surface area contributed by atoms with Crippen molar-refractivity contribution in [3.05, 3.63) is 52.6 Å². The van der Waals surface area contributed by atoms with Crippen molar-refractivity contribution in [2.75, 3.05) is 5.32 Å². The molecule has 2 aliphatic heterocycles. The van der Waals surface area contributed by atoms with Crippen LogP contribution >= 0.6 is 0 Å². The van der Waals surface area contributed by atoms with Crippen LogP contribution in [0.15, 0.2) is 47.0 Å². The first-order valence-electron chi connectivity index (χ1n) is 9.96. The van der Waals surface area contributed by atoms with E-state index in [2.05, 4.69) is 5.32 Å². The minimum Gasteiger partial charge on any atom is -0.456 e. The largest absolute Gasteiger partial charge is 0.456 e. The molecule has 0 radical (unpaired) electrons. The Labute approximate surface area is 175 Å². The van der Waals surface area contributed by atoms with Gasteiger partial charge < -0.3 is 20.5 Å². The number of allylic oxidation sites excluding steroid dienone is 1. The number of Topliss-reactive ketones (excluding diaryl/α,β-unsaturated/α-hetero) is 1. The number of ether oxygens (including phenoxy) is 2. The van der Waals surface area contributed by atoms with E-state index in [9.17, 15) is 14.4 Å². The molecule has 1 aromatic rings. The molecule has 0 amide bonds. The second kappa shape index (κ2) is 6.20. The third-order valence-corrected chi connectivity index (χ3v) is 5.58. The monoisotopic (exact) mass is 410 g/mol. The van der Waals surface area contributed by atoms with Gasteiger partial charge in [-0.05, 0) is 32.3 Å². The summed E-state index contributed by atoms with van der Waals surface area (Å²) in [5.41, 5.74) is 4.48. The van der Waals surface area contributed by atoms with Gasteiger partial charge in [0.05, 0.1) is 5.57 Å². The van der Waals surface area contributed by atoms with Crippen LogP contribution < -0.4 is 11.1 Å². The third kappa shape index (κ3) is 2.83.